The van der Waals surface area contributed by atoms with Crippen LogP contribution in [0.2, 0.25) is 0 Å². The number of nitrogens with one attached hydrogen (secondary N) is 1. The molecule has 2 heterocycles. The van der Waals surface area contributed by atoms with E-state index in [1.807, 2.05) is 30.3 Å². The van der Waals surface area contributed by atoms with E-state index in [2.05, 4.69) is 51.8 Å². The average molecular weight is 375 g/mol. The summed E-state index contributed by atoms with van der Waals surface area (Å²) >= 11 is 2.64. The van der Waals surface area contributed by atoms with Crippen molar-refractivity contribution in [1.82, 2.24) is 30.4 Å². The zero-order valence-electron chi connectivity index (χ0n) is 14.0. The topological polar surface area (TPSA) is 98.5 Å². The van der Waals surface area contributed by atoms with E-state index < -0.39 is 0 Å². The summed E-state index contributed by atoms with van der Waals surface area (Å²) in [6.45, 7) is 6.16. The van der Waals surface area contributed by atoms with Gasteiger partial charge in [0.25, 0.3) is 0 Å². The molecule has 0 aliphatic heterocycles. The Labute approximate surface area is 153 Å². The summed E-state index contributed by atoms with van der Waals surface area (Å²) in [6.07, 6.45) is 0. The standard InChI is InChI=1S/C15H17N7OS2/c1-15(2,3)12-17-18-13(25-12)16-11(23)9-24-14-19-20-21-22(14)10-7-5-4-6-8-10/h4-8H,9H2,1-3H3,(H,16,18,23). The van der Waals surface area contributed by atoms with Crippen molar-refractivity contribution in [3.05, 3.63) is 35.3 Å². The molecule has 0 atom stereocenters. The van der Waals surface area contributed by atoms with Crippen LogP contribution in [-0.4, -0.2) is 42.1 Å². The lowest BCUT2D eigenvalue weighted by Gasteiger charge is -2.12. The van der Waals surface area contributed by atoms with E-state index in [0.29, 0.717) is 10.3 Å². The summed E-state index contributed by atoms with van der Waals surface area (Å²) in [7, 11) is 0. The molecule has 25 heavy (non-hydrogen) atoms. The van der Waals surface area contributed by atoms with Gasteiger partial charge in [-0.2, -0.15) is 4.68 Å². The largest absolute Gasteiger partial charge is 0.300 e. The second-order valence-corrected chi connectivity index (χ2v) is 8.13. The van der Waals surface area contributed by atoms with Crippen LogP contribution in [0.4, 0.5) is 5.13 Å². The fourth-order valence-corrected chi connectivity index (χ4v) is 3.37. The van der Waals surface area contributed by atoms with Crippen LogP contribution in [0.15, 0.2) is 35.5 Å². The Hall–Kier alpha value is -2.33. The molecule has 130 valence electrons. The summed E-state index contributed by atoms with van der Waals surface area (Å²) in [6, 6.07) is 9.52. The minimum atomic E-state index is -0.177. The number of benzene rings is 1. The number of nitrogens with zero attached hydrogens (tertiary/aromatic N) is 6. The third-order valence-corrected chi connectivity index (χ3v) is 5.27. The number of rotatable bonds is 5. The van der Waals surface area contributed by atoms with Crippen LogP contribution >= 0.6 is 23.1 Å². The lowest BCUT2D eigenvalue weighted by atomic mass is 9.98. The molecule has 1 N–H and O–H groups in total. The van der Waals surface area contributed by atoms with Gasteiger partial charge in [-0.15, -0.1) is 15.3 Å². The van der Waals surface area contributed by atoms with Gasteiger partial charge in [0, 0.05) is 5.41 Å². The summed E-state index contributed by atoms with van der Waals surface area (Å²) < 4.78 is 1.60. The van der Waals surface area contributed by atoms with Crippen molar-refractivity contribution in [2.45, 2.75) is 31.3 Å². The van der Waals surface area contributed by atoms with Crippen LogP contribution in [0.25, 0.3) is 5.69 Å². The maximum Gasteiger partial charge on any atom is 0.236 e. The lowest BCUT2D eigenvalue weighted by molar-refractivity contribution is -0.113. The van der Waals surface area contributed by atoms with E-state index in [-0.39, 0.29) is 17.1 Å². The van der Waals surface area contributed by atoms with Crippen molar-refractivity contribution < 1.29 is 4.79 Å². The predicted molar refractivity (Wildman–Crippen MR) is 97.1 cm³/mol. The van der Waals surface area contributed by atoms with Gasteiger partial charge in [-0.05, 0) is 22.6 Å². The van der Waals surface area contributed by atoms with Crippen molar-refractivity contribution in [2.75, 3.05) is 11.1 Å². The van der Waals surface area contributed by atoms with Crippen LogP contribution in [0, 0.1) is 0 Å². The van der Waals surface area contributed by atoms with E-state index >= 15 is 0 Å². The van der Waals surface area contributed by atoms with Gasteiger partial charge in [0.2, 0.25) is 16.2 Å². The van der Waals surface area contributed by atoms with Crippen molar-refractivity contribution in [2.24, 2.45) is 0 Å². The second-order valence-electron chi connectivity index (χ2n) is 6.21. The number of thioether (sulfide) groups is 1. The van der Waals surface area contributed by atoms with Crippen LogP contribution in [0.1, 0.15) is 25.8 Å². The molecule has 0 bridgehead atoms. The number of amides is 1. The van der Waals surface area contributed by atoms with E-state index in [9.17, 15) is 4.79 Å². The van der Waals surface area contributed by atoms with Crippen molar-refractivity contribution in [3.8, 4) is 5.69 Å². The summed E-state index contributed by atoms with van der Waals surface area (Å²) in [5, 5.41) is 24.4. The first kappa shape index (κ1) is 17.5. The molecule has 0 aliphatic rings. The van der Waals surface area contributed by atoms with Gasteiger partial charge in [-0.3, -0.25) is 10.1 Å². The zero-order valence-corrected chi connectivity index (χ0v) is 15.6. The summed E-state index contributed by atoms with van der Waals surface area (Å²) in [4.78, 5) is 12.1. The third-order valence-electron chi connectivity index (χ3n) is 3.09. The maximum atomic E-state index is 12.1. The monoisotopic (exact) mass is 375 g/mol. The number of anilines is 1. The summed E-state index contributed by atoms with van der Waals surface area (Å²) in [5.74, 6) is 0.00157. The van der Waals surface area contributed by atoms with Crippen molar-refractivity contribution in [1.29, 1.82) is 0 Å². The van der Waals surface area contributed by atoms with Crippen LogP contribution < -0.4 is 5.32 Å². The molecule has 0 saturated carbocycles. The number of hydrogen-bond acceptors (Lipinski definition) is 8. The Kier molecular flexibility index (Phi) is 5.09. The molecule has 3 aromatic rings. The minimum Gasteiger partial charge on any atom is -0.300 e. The molecule has 0 spiro atoms. The van der Waals surface area contributed by atoms with Gasteiger partial charge in [0.1, 0.15) is 5.01 Å². The van der Waals surface area contributed by atoms with Gasteiger partial charge in [-0.25, -0.2) is 0 Å². The molecular formula is C15H17N7OS2. The first-order valence-electron chi connectivity index (χ1n) is 7.54. The highest BCUT2D eigenvalue weighted by molar-refractivity contribution is 7.99. The average Bonchev–Trinajstić information content (AvgIpc) is 3.22. The number of aromatic nitrogens is 6. The molecule has 0 saturated heterocycles. The number of tetrazole rings is 1. The van der Waals surface area contributed by atoms with Crippen molar-refractivity contribution >= 4 is 34.1 Å². The Morgan fingerprint density at radius 2 is 1.96 bits per heavy atom. The highest BCUT2D eigenvalue weighted by Crippen LogP contribution is 2.28. The fourth-order valence-electron chi connectivity index (χ4n) is 1.86. The minimum absolute atomic E-state index is 0.0901. The third kappa shape index (κ3) is 4.40. The number of carbonyl (C=O) groups is 1. The number of carbonyl (C=O) groups excluding carboxylic acids is 1. The quantitative estimate of drug-likeness (QED) is 0.684. The van der Waals surface area contributed by atoms with Gasteiger partial charge in [0.05, 0.1) is 11.4 Å². The fraction of sp³-hybridized carbons (Fsp3) is 0.333. The van der Waals surface area contributed by atoms with Crippen LogP contribution in [-0.2, 0) is 10.2 Å². The maximum absolute atomic E-state index is 12.1. The van der Waals surface area contributed by atoms with Crippen LogP contribution in [0.5, 0.6) is 0 Å². The molecule has 0 aliphatic carbocycles. The summed E-state index contributed by atoms with van der Waals surface area (Å²) in [5.41, 5.74) is 0.752. The molecule has 0 fully saturated rings. The van der Waals surface area contributed by atoms with E-state index in [1.165, 1.54) is 23.1 Å². The Morgan fingerprint density at radius 3 is 2.64 bits per heavy atom. The Balaban J connectivity index is 1.60. The van der Waals surface area contributed by atoms with Gasteiger partial charge in [-0.1, -0.05) is 62.1 Å². The van der Waals surface area contributed by atoms with Crippen molar-refractivity contribution in [3.63, 3.8) is 0 Å². The highest BCUT2D eigenvalue weighted by atomic mass is 32.2. The first-order valence-corrected chi connectivity index (χ1v) is 9.34. The normalized spacial score (nSPS) is 11.5. The Bertz CT molecular complexity index is 854. The molecule has 1 aromatic carbocycles. The van der Waals surface area contributed by atoms with E-state index in [1.54, 1.807) is 4.68 Å². The molecule has 2 aromatic heterocycles. The predicted octanol–water partition coefficient (Wildman–Crippen LogP) is 2.54. The first-order chi connectivity index (χ1) is 11.9. The smallest absolute Gasteiger partial charge is 0.236 e. The van der Waals surface area contributed by atoms with E-state index in [4.69, 9.17) is 0 Å². The number of hydrogen-bond donors (Lipinski definition) is 1. The molecule has 8 nitrogen and oxygen atoms in total. The van der Waals surface area contributed by atoms with Gasteiger partial charge < -0.3 is 0 Å². The molecule has 0 unspecified atom stereocenters. The molecular weight excluding hydrogens is 358 g/mol. The van der Waals surface area contributed by atoms with Crippen LogP contribution in [0.3, 0.4) is 0 Å². The van der Waals surface area contributed by atoms with Gasteiger partial charge >= 0.3 is 0 Å². The SMILES string of the molecule is CC(C)(C)c1nnc(NC(=O)CSc2nnnn2-c2ccccc2)s1. The zero-order chi connectivity index (χ0) is 17.9. The lowest BCUT2D eigenvalue weighted by Crippen LogP contribution is -2.14. The molecule has 0 radical (unpaired) electrons. The highest BCUT2D eigenvalue weighted by Gasteiger charge is 2.20. The Morgan fingerprint density at radius 1 is 1.20 bits per heavy atom. The van der Waals surface area contributed by atoms with Gasteiger partial charge in [0.15, 0.2) is 0 Å². The van der Waals surface area contributed by atoms with E-state index in [0.717, 1.165) is 10.7 Å². The molecule has 1 amide bonds. The second kappa shape index (κ2) is 7.28. The molecule has 3 rings (SSSR count). The number of para-hydroxylation sites is 1. The molecule has 10 heteroatoms.